The van der Waals surface area contributed by atoms with E-state index in [1.54, 1.807) is 11.8 Å². The Morgan fingerprint density at radius 1 is 1.45 bits per heavy atom. The summed E-state index contributed by atoms with van der Waals surface area (Å²) in [4.78, 5) is 0. The third-order valence-corrected chi connectivity index (χ3v) is 3.08. The Morgan fingerprint density at radius 2 is 2.18 bits per heavy atom. The van der Waals surface area contributed by atoms with Gasteiger partial charge < -0.3 is 0 Å². The van der Waals surface area contributed by atoms with Crippen LogP contribution in [0, 0.1) is 17.2 Å². The summed E-state index contributed by atoms with van der Waals surface area (Å²) < 4.78 is 13.1. The van der Waals surface area contributed by atoms with E-state index in [2.05, 4.69) is 0 Å². The van der Waals surface area contributed by atoms with E-state index < -0.39 is 6.17 Å². The van der Waals surface area contributed by atoms with E-state index in [1.165, 1.54) is 0 Å². The number of rotatable bonds is 1. The molecule has 62 valence electrons. The van der Waals surface area contributed by atoms with Gasteiger partial charge in [-0.3, -0.25) is 0 Å². The van der Waals surface area contributed by atoms with Crippen LogP contribution in [0.2, 0.25) is 0 Å². The number of nitriles is 1. The van der Waals surface area contributed by atoms with Crippen molar-refractivity contribution in [3.05, 3.63) is 0 Å². The van der Waals surface area contributed by atoms with Crippen LogP contribution in [0.25, 0.3) is 0 Å². The normalized spacial score (nSPS) is 32.4. The minimum absolute atomic E-state index is 0.00926. The van der Waals surface area contributed by atoms with Crippen molar-refractivity contribution in [1.29, 1.82) is 5.26 Å². The summed E-state index contributed by atoms with van der Waals surface area (Å²) in [6, 6.07) is 2.05. The molecular formula is C8H12FNS. The number of thioether (sulfide) groups is 1. The zero-order chi connectivity index (χ0) is 8.10. The Kier molecular flexibility index (Phi) is 3.71. The first kappa shape index (κ1) is 8.86. The Labute approximate surface area is 71.0 Å². The number of hydrogen-bond donors (Lipinski definition) is 0. The van der Waals surface area contributed by atoms with Crippen molar-refractivity contribution < 1.29 is 4.39 Å². The molecule has 1 aliphatic heterocycles. The molecule has 0 aromatic heterocycles. The number of alkyl halides is 1. The van der Waals surface area contributed by atoms with Gasteiger partial charge in [0.1, 0.15) is 6.17 Å². The van der Waals surface area contributed by atoms with E-state index in [1.807, 2.05) is 6.07 Å². The quantitative estimate of drug-likeness (QED) is 0.608. The van der Waals surface area contributed by atoms with Crippen LogP contribution < -0.4 is 0 Å². The van der Waals surface area contributed by atoms with Crippen LogP contribution >= 0.6 is 11.8 Å². The van der Waals surface area contributed by atoms with E-state index in [0.717, 1.165) is 17.9 Å². The zero-order valence-electron chi connectivity index (χ0n) is 6.42. The van der Waals surface area contributed by atoms with Crippen molar-refractivity contribution in [2.75, 3.05) is 11.5 Å². The summed E-state index contributed by atoms with van der Waals surface area (Å²) in [6.07, 6.45) is 1.17. The van der Waals surface area contributed by atoms with Crippen LogP contribution in [0.4, 0.5) is 4.39 Å². The minimum atomic E-state index is -0.732. The van der Waals surface area contributed by atoms with E-state index in [0.29, 0.717) is 12.8 Å². The highest BCUT2D eigenvalue weighted by Crippen LogP contribution is 2.26. The highest BCUT2D eigenvalue weighted by Gasteiger charge is 2.22. The molecule has 0 radical (unpaired) electrons. The first-order valence-corrected chi connectivity index (χ1v) is 5.09. The first-order chi connectivity index (χ1) is 5.34. The van der Waals surface area contributed by atoms with Crippen molar-refractivity contribution in [1.82, 2.24) is 0 Å². The van der Waals surface area contributed by atoms with Crippen LogP contribution in [-0.4, -0.2) is 17.7 Å². The Hall–Kier alpha value is -0.230. The molecule has 1 fully saturated rings. The molecule has 1 nitrogen and oxygen atoms in total. The third-order valence-electron chi connectivity index (χ3n) is 2.04. The monoisotopic (exact) mass is 173 g/mol. The van der Waals surface area contributed by atoms with Crippen LogP contribution in [0.3, 0.4) is 0 Å². The molecule has 0 aliphatic carbocycles. The number of hydrogen-bond acceptors (Lipinski definition) is 2. The second-order valence-electron chi connectivity index (χ2n) is 2.83. The molecule has 0 bridgehead atoms. The van der Waals surface area contributed by atoms with Crippen LogP contribution in [0.15, 0.2) is 0 Å². The molecular weight excluding hydrogens is 161 g/mol. The summed E-state index contributed by atoms with van der Waals surface area (Å²) in [7, 11) is 0. The topological polar surface area (TPSA) is 23.8 Å². The first-order valence-electron chi connectivity index (χ1n) is 3.93. The molecule has 0 aromatic rings. The second kappa shape index (κ2) is 4.61. The van der Waals surface area contributed by atoms with Gasteiger partial charge in [0.05, 0.1) is 6.07 Å². The molecule has 0 aromatic carbocycles. The average Bonchev–Trinajstić information content (AvgIpc) is 2.18. The highest BCUT2D eigenvalue weighted by molar-refractivity contribution is 7.99. The Balaban J connectivity index is 2.40. The summed E-state index contributed by atoms with van der Waals surface area (Å²) >= 11 is 1.80. The molecule has 0 spiro atoms. The number of nitrogens with zero attached hydrogens (tertiary/aromatic N) is 1. The van der Waals surface area contributed by atoms with Gasteiger partial charge in [-0.1, -0.05) is 0 Å². The van der Waals surface area contributed by atoms with Gasteiger partial charge in [0, 0.05) is 12.3 Å². The van der Waals surface area contributed by atoms with Gasteiger partial charge >= 0.3 is 0 Å². The molecule has 0 N–H and O–H groups in total. The van der Waals surface area contributed by atoms with E-state index in [4.69, 9.17) is 5.26 Å². The predicted octanol–water partition coefficient (Wildman–Crippen LogP) is 2.38. The standard InChI is InChI=1S/C8H12FNS/c9-8-3-6-11-5-2-7(8)1-4-10/h7-8H,1-3,5-6H2. The summed E-state index contributed by atoms with van der Waals surface area (Å²) in [6.45, 7) is 0. The molecule has 0 amide bonds. The largest absolute Gasteiger partial charge is 0.247 e. The van der Waals surface area contributed by atoms with Crippen LogP contribution in [0.1, 0.15) is 19.3 Å². The Morgan fingerprint density at radius 3 is 2.91 bits per heavy atom. The SMILES string of the molecule is N#CCC1CCSCCC1F. The number of halogens is 1. The zero-order valence-corrected chi connectivity index (χ0v) is 7.24. The van der Waals surface area contributed by atoms with Crippen molar-refractivity contribution in [3.8, 4) is 6.07 Å². The second-order valence-corrected chi connectivity index (χ2v) is 4.05. The van der Waals surface area contributed by atoms with Gasteiger partial charge in [0.2, 0.25) is 0 Å². The predicted molar refractivity (Wildman–Crippen MR) is 45.2 cm³/mol. The smallest absolute Gasteiger partial charge is 0.105 e. The molecule has 1 rings (SSSR count). The molecule has 2 unspecified atom stereocenters. The van der Waals surface area contributed by atoms with Gasteiger partial charge in [-0.25, -0.2) is 4.39 Å². The van der Waals surface area contributed by atoms with Gasteiger partial charge in [-0.05, 0) is 24.3 Å². The van der Waals surface area contributed by atoms with E-state index in [-0.39, 0.29) is 5.92 Å². The van der Waals surface area contributed by atoms with E-state index in [9.17, 15) is 4.39 Å². The van der Waals surface area contributed by atoms with Crippen LogP contribution in [-0.2, 0) is 0 Å². The highest BCUT2D eigenvalue weighted by atomic mass is 32.2. The fraction of sp³-hybridized carbons (Fsp3) is 0.875. The average molecular weight is 173 g/mol. The van der Waals surface area contributed by atoms with Gasteiger partial charge in [-0.15, -0.1) is 0 Å². The molecule has 1 saturated heterocycles. The van der Waals surface area contributed by atoms with Crippen molar-refractivity contribution in [2.45, 2.75) is 25.4 Å². The Bertz CT molecular complexity index is 155. The molecule has 0 saturated carbocycles. The molecule has 2 atom stereocenters. The van der Waals surface area contributed by atoms with Gasteiger partial charge in [0.15, 0.2) is 0 Å². The maximum Gasteiger partial charge on any atom is 0.105 e. The van der Waals surface area contributed by atoms with Crippen molar-refractivity contribution in [2.24, 2.45) is 5.92 Å². The lowest BCUT2D eigenvalue weighted by atomic mass is 9.96. The van der Waals surface area contributed by atoms with Gasteiger partial charge in [-0.2, -0.15) is 17.0 Å². The summed E-state index contributed by atoms with van der Waals surface area (Å²) in [5.74, 6) is 1.95. The molecule has 1 aliphatic rings. The maximum absolute atomic E-state index is 13.1. The van der Waals surface area contributed by atoms with E-state index >= 15 is 0 Å². The third kappa shape index (κ3) is 2.70. The fourth-order valence-corrected chi connectivity index (χ4v) is 2.36. The van der Waals surface area contributed by atoms with Crippen LogP contribution in [0.5, 0.6) is 0 Å². The summed E-state index contributed by atoms with van der Waals surface area (Å²) in [5, 5.41) is 8.40. The lowest BCUT2D eigenvalue weighted by Gasteiger charge is -2.13. The minimum Gasteiger partial charge on any atom is -0.247 e. The van der Waals surface area contributed by atoms with Crippen molar-refractivity contribution >= 4 is 11.8 Å². The maximum atomic E-state index is 13.1. The molecule has 1 heterocycles. The lowest BCUT2D eigenvalue weighted by Crippen LogP contribution is -2.14. The van der Waals surface area contributed by atoms with Crippen molar-refractivity contribution in [3.63, 3.8) is 0 Å². The summed E-state index contributed by atoms with van der Waals surface area (Å²) in [5.41, 5.74) is 0. The van der Waals surface area contributed by atoms with Gasteiger partial charge in [0.25, 0.3) is 0 Å². The lowest BCUT2D eigenvalue weighted by molar-refractivity contribution is 0.223. The molecule has 11 heavy (non-hydrogen) atoms. The fourth-order valence-electron chi connectivity index (χ4n) is 1.30. The molecule has 3 heteroatoms.